The van der Waals surface area contributed by atoms with Crippen LogP contribution in [0.25, 0.3) is 0 Å². The van der Waals surface area contributed by atoms with Crippen molar-refractivity contribution in [2.24, 2.45) is 4.99 Å². The lowest BCUT2D eigenvalue weighted by atomic mass is 10.1. The van der Waals surface area contributed by atoms with Crippen molar-refractivity contribution in [1.82, 2.24) is 0 Å². The summed E-state index contributed by atoms with van der Waals surface area (Å²) in [6.07, 6.45) is -4.54. The predicted molar refractivity (Wildman–Crippen MR) is 91.2 cm³/mol. The fourth-order valence-corrected chi connectivity index (χ4v) is 3.61. The Morgan fingerprint density at radius 1 is 1.20 bits per heavy atom. The molecule has 1 heterocycles. The number of hydrogen-bond acceptors (Lipinski definition) is 4. The third-order valence-corrected chi connectivity index (χ3v) is 4.68. The summed E-state index contributed by atoms with van der Waals surface area (Å²) in [5.41, 5.74) is 0.891. The number of hydrogen-bond donors (Lipinski definition) is 2. The number of fused-ring (bicyclic) bond motifs is 1. The minimum Gasteiger partial charge on any atom is -0.481 e. The Kier molecular flexibility index (Phi) is 4.71. The van der Waals surface area contributed by atoms with Gasteiger partial charge in [0.2, 0.25) is 0 Å². The molecule has 1 aliphatic rings. The molecule has 0 bridgehead atoms. The van der Waals surface area contributed by atoms with Crippen LogP contribution in [-0.4, -0.2) is 16.2 Å². The molecule has 2 aromatic carbocycles. The number of nitrogens with one attached hydrogen (secondary N) is 1. The van der Waals surface area contributed by atoms with Crippen LogP contribution in [0.1, 0.15) is 22.8 Å². The van der Waals surface area contributed by atoms with Gasteiger partial charge in [0.05, 0.1) is 17.7 Å². The fraction of sp³-hybridized carbons (Fsp3) is 0.176. The third-order valence-electron chi connectivity index (χ3n) is 3.56. The summed E-state index contributed by atoms with van der Waals surface area (Å²) in [7, 11) is 0. The highest BCUT2D eigenvalue weighted by Crippen LogP contribution is 2.43. The number of halogens is 3. The van der Waals surface area contributed by atoms with Crippen molar-refractivity contribution >= 4 is 34.3 Å². The molecule has 0 fully saturated rings. The number of alkyl halides is 3. The average molecular weight is 366 g/mol. The molecule has 0 amide bonds. The molecule has 3 rings (SSSR count). The molecule has 0 aromatic heterocycles. The van der Waals surface area contributed by atoms with E-state index >= 15 is 0 Å². The topological polar surface area (TPSA) is 61.7 Å². The number of carbonyl (C=O) groups is 1. The molecule has 0 aliphatic carbocycles. The number of rotatable bonds is 3. The van der Waals surface area contributed by atoms with Gasteiger partial charge in [-0.05, 0) is 29.8 Å². The largest absolute Gasteiger partial charge is 0.481 e. The van der Waals surface area contributed by atoms with Gasteiger partial charge in [-0.3, -0.25) is 4.79 Å². The van der Waals surface area contributed by atoms with E-state index in [2.05, 4.69) is 10.3 Å². The van der Waals surface area contributed by atoms with Gasteiger partial charge < -0.3 is 10.4 Å². The second-order valence-corrected chi connectivity index (χ2v) is 6.58. The highest BCUT2D eigenvalue weighted by atomic mass is 32.2. The summed E-state index contributed by atoms with van der Waals surface area (Å²) in [6, 6.07) is 11.9. The zero-order valence-electron chi connectivity index (χ0n) is 12.7. The van der Waals surface area contributed by atoms with Crippen LogP contribution in [0.3, 0.4) is 0 Å². The number of aliphatic carboxylic acids is 1. The highest BCUT2D eigenvalue weighted by molar-refractivity contribution is 8.14. The van der Waals surface area contributed by atoms with E-state index in [0.717, 1.165) is 17.7 Å². The van der Waals surface area contributed by atoms with Gasteiger partial charge in [-0.15, -0.1) is 0 Å². The van der Waals surface area contributed by atoms with Crippen molar-refractivity contribution < 1.29 is 23.1 Å². The standard InChI is InChI=1S/C17H13F3N2O2S/c18-17(19,20)10-4-3-5-11(8-10)21-16-22-13-7-2-1-6-12(13)14(25-16)9-15(23)24/h1-8,14H,9H2,(H,21,22)(H,23,24). The van der Waals surface area contributed by atoms with Crippen LogP contribution >= 0.6 is 11.8 Å². The number of amidine groups is 1. The van der Waals surface area contributed by atoms with Crippen molar-refractivity contribution in [2.45, 2.75) is 17.8 Å². The smallest absolute Gasteiger partial charge is 0.416 e. The molecular formula is C17H13F3N2O2S. The van der Waals surface area contributed by atoms with Gasteiger partial charge in [0.25, 0.3) is 0 Å². The molecule has 0 saturated heterocycles. The second kappa shape index (κ2) is 6.79. The Hall–Kier alpha value is -2.48. The van der Waals surface area contributed by atoms with Crippen molar-refractivity contribution in [1.29, 1.82) is 0 Å². The van der Waals surface area contributed by atoms with E-state index in [0.29, 0.717) is 10.9 Å². The van der Waals surface area contributed by atoms with Gasteiger partial charge in [-0.2, -0.15) is 13.2 Å². The van der Waals surface area contributed by atoms with Gasteiger partial charge >= 0.3 is 12.1 Å². The Bertz CT molecular complexity index is 837. The second-order valence-electron chi connectivity index (χ2n) is 5.38. The minimum atomic E-state index is -4.43. The van der Waals surface area contributed by atoms with E-state index in [9.17, 15) is 18.0 Å². The van der Waals surface area contributed by atoms with Gasteiger partial charge in [0, 0.05) is 10.9 Å². The van der Waals surface area contributed by atoms with Gasteiger partial charge in [-0.25, -0.2) is 4.99 Å². The lowest BCUT2D eigenvalue weighted by Gasteiger charge is -2.23. The number of anilines is 1. The van der Waals surface area contributed by atoms with E-state index in [1.165, 1.54) is 23.9 Å². The Morgan fingerprint density at radius 2 is 1.96 bits per heavy atom. The van der Waals surface area contributed by atoms with Crippen LogP contribution in [0.15, 0.2) is 53.5 Å². The molecule has 25 heavy (non-hydrogen) atoms. The van der Waals surface area contributed by atoms with Gasteiger partial charge in [-0.1, -0.05) is 36.0 Å². The first-order chi connectivity index (χ1) is 11.8. The van der Waals surface area contributed by atoms with Crippen molar-refractivity contribution in [2.75, 3.05) is 5.32 Å². The molecule has 0 radical (unpaired) electrons. The molecule has 2 aromatic rings. The summed E-state index contributed by atoms with van der Waals surface area (Å²) in [5, 5.41) is 12.0. The Labute approximate surface area is 145 Å². The van der Waals surface area contributed by atoms with Crippen molar-refractivity contribution in [3.8, 4) is 0 Å². The number of carboxylic acids is 1. The highest BCUT2D eigenvalue weighted by Gasteiger charge is 2.31. The maximum absolute atomic E-state index is 12.8. The summed E-state index contributed by atoms with van der Waals surface area (Å²) in [6.45, 7) is 0. The predicted octanol–water partition coefficient (Wildman–Crippen LogP) is 5.07. The average Bonchev–Trinajstić information content (AvgIpc) is 2.54. The zero-order valence-corrected chi connectivity index (χ0v) is 13.6. The monoisotopic (exact) mass is 366 g/mol. The van der Waals surface area contributed by atoms with Crippen LogP contribution in [0.5, 0.6) is 0 Å². The number of para-hydroxylation sites is 1. The first-order valence-electron chi connectivity index (χ1n) is 7.33. The molecule has 1 atom stereocenters. The van der Waals surface area contributed by atoms with Crippen LogP contribution in [0.2, 0.25) is 0 Å². The molecule has 0 saturated carbocycles. The van der Waals surface area contributed by atoms with Crippen LogP contribution in [-0.2, 0) is 11.0 Å². The number of benzene rings is 2. The molecule has 130 valence electrons. The number of carboxylic acid groups (broad SMARTS) is 1. The third kappa shape index (κ3) is 4.14. The summed E-state index contributed by atoms with van der Waals surface area (Å²) in [4.78, 5) is 15.5. The van der Waals surface area contributed by atoms with Crippen molar-refractivity contribution in [3.63, 3.8) is 0 Å². The van der Waals surface area contributed by atoms with Crippen LogP contribution in [0, 0.1) is 0 Å². The molecule has 2 N–H and O–H groups in total. The molecule has 8 heteroatoms. The van der Waals surface area contributed by atoms with E-state index in [1.807, 2.05) is 0 Å². The maximum Gasteiger partial charge on any atom is 0.416 e. The van der Waals surface area contributed by atoms with Gasteiger partial charge in [0.1, 0.15) is 0 Å². The fourth-order valence-electron chi connectivity index (χ4n) is 2.46. The van der Waals surface area contributed by atoms with Crippen LogP contribution < -0.4 is 5.32 Å². The zero-order chi connectivity index (χ0) is 18.0. The normalized spacial score (nSPS) is 16.8. The van der Waals surface area contributed by atoms with Crippen molar-refractivity contribution in [3.05, 3.63) is 59.7 Å². The first-order valence-corrected chi connectivity index (χ1v) is 8.21. The molecule has 0 spiro atoms. The number of aliphatic imine (C=N–C) groups is 1. The van der Waals surface area contributed by atoms with Crippen LogP contribution in [0.4, 0.5) is 24.5 Å². The number of thioether (sulfide) groups is 1. The summed E-state index contributed by atoms with van der Waals surface area (Å²) < 4.78 is 38.5. The lowest BCUT2D eigenvalue weighted by Crippen LogP contribution is -2.16. The number of nitrogens with zero attached hydrogens (tertiary/aromatic N) is 1. The maximum atomic E-state index is 12.8. The Balaban J connectivity index is 1.88. The lowest BCUT2D eigenvalue weighted by molar-refractivity contribution is -0.138. The van der Waals surface area contributed by atoms with E-state index in [4.69, 9.17) is 5.11 Å². The SMILES string of the molecule is O=C(O)CC1SC(Nc2cccc(C(F)(F)F)c2)=Nc2ccccc21. The van der Waals surface area contributed by atoms with E-state index in [-0.39, 0.29) is 17.4 Å². The summed E-state index contributed by atoms with van der Waals surface area (Å²) in [5.74, 6) is -0.951. The van der Waals surface area contributed by atoms with E-state index in [1.54, 1.807) is 24.3 Å². The quantitative estimate of drug-likeness (QED) is 0.796. The molecule has 4 nitrogen and oxygen atoms in total. The molecule has 1 aliphatic heterocycles. The Morgan fingerprint density at radius 3 is 2.68 bits per heavy atom. The first kappa shape index (κ1) is 17.3. The summed E-state index contributed by atoms with van der Waals surface area (Å²) >= 11 is 1.19. The minimum absolute atomic E-state index is 0.106. The molecule has 1 unspecified atom stereocenters. The molecular weight excluding hydrogens is 353 g/mol. The van der Waals surface area contributed by atoms with Gasteiger partial charge in [0.15, 0.2) is 5.17 Å². The van der Waals surface area contributed by atoms with E-state index < -0.39 is 17.7 Å².